The van der Waals surface area contributed by atoms with Gasteiger partial charge in [-0.05, 0) is 36.4 Å². The molecule has 1 heterocycles. The lowest BCUT2D eigenvalue weighted by molar-refractivity contribution is -0.119. The number of carbonyl (C=O) groups is 1. The Morgan fingerprint density at radius 3 is 2.87 bits per heavy atom. The van der Waals surface area contributed by atoms with E-state index in [0.717, 1.165) is 2.91 Å². The zero-order chi connectivity index (χ0) is 11.6. The van der Waals surface area contributed by atoms with E-state index in [4.69, 9.17) is 0 Å². The first-order valence-electron chi connectivity index (χ1n) is 4.59. The maximum Gasteiger partial charge on any atom is 0.252 e. The summed E-state index contributed by atoms with van der Waals surface area (Å²) in [5, 5.41) is 12.9. The number of thioether (sulfide) groups is 1. The van der Waals surface area contributed by atoms with E-state index >= 15 is 0 Å². The van der Waals surface area contributed by atoms with E-state index in [1.807, 2.05) is 6.92 Å². The molecule has 1 amide bonds. The Balaban J connectivity index is 2.88. The van der Waals surface area contributed by atoms with Crippen LogP contribution in [0.2, 0.25) is 0 Å². The molecule has 3 nitrogen and oxygen atoms in total. The van der Waals surface area contributed by atoms with Crippen LogP contribution in [0.4, 0.5) is 0 Å². The molecule has 2 atom stereocenters. The molecular weight excluding hydrogens is 325 g/mol. The third-order valence-electron chi connectivity index (χ3n) is 2.41. The van der Waals surface area contributed by atoms with Gasteiger partial charge < -0.3 is 10.4 Å². The van der Waals surface area contributed by atoms with Crippen molar-refractivity contribution >= 4 is 40.3 Å². The van der Waals surface area contributed by atoms with Gasteiger partial charge in [-0.25, -0.2) is 0 Å². The maximum absolute atomic E-state index is 11.8. The summed E-state index contributed by atoms with van der Waals surface area (Å²) in [6.45, 7) is 7.54. The van der Waals surface area contributed by atoms with Crippen LogP contribution in [0, 0.1) is 0 Å². The molecule has 1 aliphatic heterocycles. The van der Waals surface area contributed by atoms with Gasteiger partial charge in [-0.15, -0.1) is 18.3 Å². The fraction of sp³-hybridized carbons (Fsp3) is 0.500. The van der Waals surface area contributed by atoms with Crippen LogP contribution in [0.5, 0.6) is 0 Å². The Morgan fingerprint density at radius 1 is 1.87 bits per heavy atom. The second kappa shape index (κ2) is 4.88. The summed E-state index contributed by atoms with van der Waals surface area (Å²) >= 11 is 3.62. The summed E-state index contributed by atoms with van der Waals surface area (Å²) in [5.41, 5.74) is -0.575. The largest absolute Gasteiger partial charge is 0.384 e. The van der Waals surface area contributed by atoms with Gasteiger partial charge in [-0.3, -0.25) is 4.79 Å². The summed E-state index contributed by atoms with van der Waals surface area (Å²) in [5.74, 6) is -0.207. The summed E-state index contributed by atoms with van der Waals surface area (Å²) in [6, 6.07) is 0. The normalized spacial score (nSPS) is 30.5. The Hall–Kier alpha value is -0.0100. The van der Waals surface area contributed by atoms with Gasteiger partial charge in [0, 0.05) is 11.8 Å². The molecule has 0 spiro atoms. The van der Waals surface area contributed by atoms with E-state index in [1.165, 1.54) is 11.8 Å². The van der Waals surface area contributed by atoms with Crippen LogP contribution in [0.3, 0.4) is 0 Å². The standard InChI is InChI=1S/C10H14INO2S/c1-4-5-12-9(13)7-8(11)15-6(2)10(7,3)14/h4,6,14H,1,5H2,2-3H3,(H,12,13). The average molecular weight is 339 g/mol. The Morgan fingerprint density at radius 2 is 2.47 bits per heavy atom. The summed E-state index contributed by atoms with van der Waals surface area (Å²) in [6.07, 6.45) is 1.62. The van der Waals surface area contributed by atoms with Crippen LogP contribution < -0.4 is 5.32 Å². The van der Waals surface area contributed by atoms with Crippen molar-refractivity contribution in [1.82, 2.24) is 5.32 Å². The first-order valence-corrected chi connectivity index (χ1v) is 6.55. The van der Waals surface area contributed by atoms with E-state index in [0.29, 0.717) is 12.1 Å². The van der Waals surface area contributed by atoms with Gasteiger partial charge in [0.05, 0.1) is 8.48 Å². The minimum Gasteiger partial charge on any atom is -0.384 e. The summed E-state index contributed by atoms with van der Waals surface area (Å²) in [4.78, 5) is 11.8. The topological polar surface area (TPSA) is 49.3 Å². The molecule has 0 bridgehead atoms. The van der Waals surface area contributed by atoms with Crippen LogP contribution in [-0.4, -0.2) is 28.4 Å². The molecule has 84 valence electrons. The first kappa shape index (κ1) is 13.1. The second-order valence-corrected chi connectivity index (χ2v) is 6.72. The molecule has 2 N–H and O–H groups in total. The lowest BCUT2D eigenvalue weighted by Gasteiger charge is -2.24. The first-order chi connectivity index (χ1) is 6.91. The van der Waals surface area contributed by atoms with Crippen molar-refractivity contribution < 1.29 is 9.90 Å². The van der Waals surface area contributed by atoms with Crippen LogP contribution >= 0.6 is 34.4 Å². The monoisotopic (exact) mass is 339 g/mol. The number of halogens is 1. The third-order valence-corrected chi connectivity index (χ3v) is 4.93. The van der Waals surface area contributed by atoms with E-state index < -0.39 is 5.60 Å². The molecule has 2 unspecified atom stereocenters. The quantitative estimate of drug-likeness (QED) is 0.609. The van der Waals surface area contributed by atoms with E-state index in [1.54, 1.807) is 13.0 Å². The average Bonchev–Trinajstić information content (AvgIpc) is 2.33. The van der Waals surface area contributed by atoms with Crippen molar-refractivity contribution in [1.29, 1.82) is 0 Å². The van der Waals surface area contributed by atoms with Gasteiger partial charge in [-0.1, -0.05) is 6.08 Å². The van der Waals surface area contributed by atoms with Crippen molar-refractivity contribution in [2.24, 2.45) is 0 Å². The highest BCUT2D eigenvalue weighted by atomic mass is 127. The SMILES string of the molecule is C=CCNC(=O)C1=C(I)SC(C)C1(C)O. The highest BCUT2D eigenvalue weighted by molar-refractivity contribution is 14.1. The van der Waals surface area contributed by atoms with Gasteiger partial charge >= 0.3 is 0 Å². The van der Waals surface area contributed by atoms with Gasteiger partial charge in [-0.2, -0.15) is 0 Å². The fourth-order valence-electron chi connectivity index (χ4n) is 1.30. The molecule has 1 aliphatic rings. The fourth-order valence-corrected chi connectivity index (χ4v) is 4.31. The molecule has 0 aromatic rings. The number of hydrogen-bond donors (Lipinski definition) is 2. The highest BCUT2D eigenvalue weighted by Gasteiger charge is 2.44. The second-order valence-electron chi connectivity index (χ2n) is 3.56. The van der Waals surface area contributed by atoms with Crippen molar-refractivity contribution in [3.05, 3.63) is 21.1 Å². The number of rotatable bonds is 3. The number of carbonyl (C=O) groups excluding carboxylic acids is 1. The summed E-state index contributed by atoms with van der Waals surface area (Å²) in [7, 11) is 0. The minimum atomic E-state index is -1.05. The van der Waals surface area contributed by atoms with Crippen molar-refractivity contribution in [2.45, 2.75) is 24.7 Å². The number of aliphatic hydroxyl groups is 1. The Bertz CT molecular complexity index is 325. The lowest BCUT2D eigenvalue weighted by Crippen LogP contribution is -2.41. The minimum absolute atomic E-state index is 0.00822. The van der Waals surface area contributed by atoms with Crippen LogP contribution in [-0.2, 0) is 4.79 Å². The number of amides is 1. The van der Waals surface area contributed by atoms with Crippen molar-refractivity contribution in [3.63, 3.8) is 0 Å². The van der Waals surface area contributed by atoms with Gasteiger partial charge in [0.25, 0.3) is 5.91 Å². The molecule has 5 heteroatoms. The predicted molar refractivity (Wildman–Crippen MR) is 71.9 cm³/mol. The highest BCUT2D eigenvalue weighted by Crippen LogP contribution is 2.47. The maximum atomic E-state index is 11.8. The Labute approximate surface area is 108 Å². The van der Waals surface area contributed by atoms with Gasteiger partial charge in [0.15, 0.2) is 0 Å². The Kier molecular flexibility index (Phi) is 4.25. The molecule has 0 fully saturated rings. The van der Waals surface area contributed by atoms with Crippen LogP contribution in [0.15, 0.2) is 21.1 Å². The van der Waals surface area contributed by atoms with Crippen molar-refractivity contribution in [2.75, 3.05) is 6.54 Å². The smallest absolute Gasteiger partial charge is 0.252 e. The molecule has 15 heavy (non-hydrogen) atoms. The zero-order valence-corrected chi connectivity index (χ0v) is 11.7. The van der Waals surface area contributed by atoms with Crippen LogP contribution in [0.1, 0.15) is 13.8 Å². The van der Waals surface area contributed by atoms with Crippen molar-refractivity contribution in [3.8, 4) is 0 Å². The van der Waals surface area contributed by atoms with E-state index in [-0.39, 0.29) is 11.2 Å². The van der Waals surface area contributed by atoms with Gasteiger partial charge in [0.2, 0.25) is 0 Å². The molecule has 0 aromatic heterocycles. The third kappa shape index (κ3) is 2.57. The molecular formula is C10H14INO2S. The molecule has 0 aromatic carbocycles. The molecule has 0 radical (unpaired) electrons. The van der Waals surface area contributed by atoms with Gasteiger partial charge in [0.1, 0.15) is 5.60 Å². The molecule has 0 aliphatic carbocycles. The zero-order valence-electron chi connectivity index (χ0n) is 8.71. The van der Waals surface area contributed by atoms with E-state index in [2.05, 4.69) is 34.5 Å². The van der Waals surface area contributed by atoms with E-state index in [9.17, 15) is 9.90 Å². The number of nitrogens with one attached hydrogen (secondary N) is 1. The molecule has 0 saturated heterocycles. The summed E-state index contributed by atoms with van der Waals surface area (Å²) < 4.78 is 0.867. The molecule has 1 rings (SSSR count). The number of hydrogen-bond acceptors (Lipinski definition) is 3. The predicted octanol–water partition coefficient (Wildman–Crippen LogP) is 1.82. The molecule has 0 saturated carbocycles. The lowest BCUT2D eigenvalue weighted by atomic mass is 9.93. The van der Waals surface area contributed by atoms with Crippen LogP contribution in [0.25, 0.3) is 0 Å².